The van der Waals surface area contributed by atoms with E-state index in [0.29, 0.717) is 0 Å². The molecule has 1 heterocycles. The summed E-state index contributed by atoms with van der Waals surface area (Å²) in [5.41, 5.74) is 0.0692. The minimum absolute atomic E-state index is 0.00436. The van der Waals surface area contributed by atoms with Crippen LogP contribution in [0.5, 0.6) is 11.8 Å². The Morgan fingerprint density at radius 1 is 1.30 bits per heavy atom. The van der Waals surface area contributed by atoms with Crippen molar-refractivity contribution in [3.8, 4) is 11.8 Å². The second kappa shape index (κ2) is 5.83. The van der Waals surface area contributed by atoms with Gasteiger partial charge in [-0.1, -0.05) is 11.6 Å². The number of hydrogen-bond donors (Lipinski definition) is 0. The maximum Gasteiger partial charge on any atom is 0.247 e. The number of methoxy groups -OCH3 is 2. The lowest BCUT2D eigenvalue weighted by atomic mass is 10.1. The molecular formula is C13H10ClFN2O3. The number of ketones is 1. The number of carbonyl (C=O) groups excluding carboxylic acids is 1. The lowest BCUT2D eigenvalue weighted by Gasteiger charge is -2.07. The highest BCUT2D eigenvalue weighted by Gasteiger charge is 2.19. The van der Waals surface area contributed by atoms with Crippen molar-refractivity contribution in [2.75, 3.05) is 14.2 Å². The quantitative estimate of drug-likeness (QED) is 0.811. The summed E-state index contributed by atoms with van der Waals surface area (Å²) < 4.78 is 23.3. The zero-order valence-electron chi connectivity index (χ0n) is 10.7. The van der Waals surface area contributed by atoms with Crippen molar-refractivity contribution in [2.24, 2.45) is 0 Å². The molecule has 0 amide bonds. The van der Waals surface area contributed by atoms with Crippen molar-refractivity contribution in [2.45, 2.75) is 0 Å². The molecule has 2 rings (SSSR count). The molecule has 0 spiro atoms. The molecule has 0 radical (unpaired) electrons. The number of rotatable bonds is 4. The number of carbonyl (C=O) groups is 1. The highest BCUT2D eigenvalue weighted by molar-refractivity contribution is 6.30. The van der Waals surface area contributed by atoms with E-state index in [1.54, 1.807) is 0 Å². The topological polar surface area (TPSA) is 61.3 Å². The van der Waals surface area contributed by atoms with Crippen molar-refractivity contribution < 1.29 is 18.7 Å². The van der Waals surface area contributed by atoms with Crippen molar-refractivity contribution in [1.29, 1.82) is 0 Å². The van der Waals surface area contributed by atoms with Crippen molar-refractivity contribution >= 4 is 17.4 Å². The van der Waals surface area contributed by atoms with E-state index in [-0.39, 0.29) is 28.0 Å². The third-order valence-corrected chi connectivity index (χ3v) is 2.82. The molecule has 0 saturated carbocycles. The molecule has 104 valence electrons. The van der Waals surface area contributed by atoms with Crippen LogP contribution >= 0.6 is 11.6 Å². The molecule has 5 nitrogen and oxygen atoms in total. The number of ether oxygens (including phenoxy) is 2. The first-order valence-electron chi connectivity index (χ1n) is 5.51. The van der Waals surface area contributed by atoms with Gasteiger partial charge in [0.1, 0.15) is 5.82 Å². The monoisotopic (exact) mass is 296 g/mol. The smallest absolute Gasteiger partial charge is 0.247 e. The zero-order chi connectivity index (χ0) is 14.7. The van der Waals surface area contributed by atoms with Gasteiger partial charge >= 0.3 is 0 Å². The maximum atomic E-state index is 13.4. The molecule has 0 saturated heterocycles. The second-order valence-electron chi connectivity index (χ2n) is 3.73. The van der Waals surface area contributed by atoms with E-state index in [0.717, 1.165) is 6.07 Å². The zero-order valence-corrected chi connectivity index (χ0v) is 11.4. The van der Waals surface area contributed by atoms with Gasteiger partial charge < -0.3 is 9.47 Å². The van der Waals surface area contributed by atoms with Crippen molar-refractivity contribution in [3.63, 3.8) is 0 Å². The predicted molar refractivity (Wildman–Crippen MR) is 70.0 cm³/mol. The summed E-state index contributed by atoms with van der Waals surface area (Å²) in [5.74, 6) is -0.990. The van der Waals surface area contributed by atoms with Gasteiger partial charge in [0.25, 0.3) is 0 Å². The lowest BCUT2D eigenvalue weighted by molar-refractivity contribution is 0.102. The fourth-order valence-corrected chi connectivity index (χ4v) is 1.64. The molecule has 2 aromatic rings. The van der Waals surface area contributed by atoms with Crippen LogP contribution in [-0.4, -0.2) is 30.0 Å². The fraction of sp³-hybridized carbons (Fsp3) is 0.154. The van der Waals surface area contributed by atoms with Gasteiger partial charge in [-0.2, -0.15) is 4.98 Å². The fourth-order valence-electron chi connectivity index (χ4n) is 1.53. The second-order valence-corrected chi connectivity index (χ2v) is 4.14. The summed E-state index contributed by atoms with van der Waals surface area (Å²) in [4.78, 5) is 20.1. The van der Waals surface area contributed by atoms with Gasteiger partial charge in [0.15, 0.2) is 5.69 Å². The summed E-state index contributed by atoms with van der Waals surface area (Å²) in [6.45, 7) is 0. The highest BCUT2D eigenvalue weighted by atomic mass is 35.5. The first-order chi connectivity index (χ1) is 9.56. The minimum Gasteiger partial charge on any atom is -0.480 e. The molecule has 1 aromatic heterocycles. The molecule has 0 atom stereocenters. The molecule has 0 bridgehead atoms. The Morgan fingerprint density at radius 2 is 2.05 bits per heavy atom. The number of hydrogen-bond acceptors (Lipinski definition) is 5. The Kier molecular flexibility index (Phi) is 4.14. The predicted octanol–water partition coefficient (Wildman–Crippen LogP) is 2.52. The van der Waals surface area contributed by atoms with Gasteiger partial charge in [-0.05, 0) is 18.2 Å². The van der Waals surface area contributed by atoms with Gasteiger partial charge in [-0.25, -0.2) is 9.37 Å². The summed E-state index contributed by atoms with van der Waals surface area (Å²) in [6, 6.07) is 3.74. The lowest BCUT2D eigenvalue weighted by Crippen LogP contribution is -2.09. The van der Waals surface area contributed by atoms with Crippen molar-refractivity contribution in [3.05, 3.63) is 46.5 Å². The van der Waals surface area contributed by atoms with Crippen LogP contribution in [0, 0.1) is 5.82 Å². The molecule has 0 aliphatic heterocycles. The molecule has 0 aliphatic rings. The Morgan fingerprint density at radius 3 is 2.65 bits per heavy atom. The molecule has 0 fully saturated rings. The highest BCUT2D eigenvalue weighted by Crippen LogP contribution is 2.22. The van der Waals surface area contributed by atoms with E-state index < -0.39 is 11.6 Å². The average molecular weight is 297 g/mol. The van der Waals surface area contributed by atoms with Gasteiger partial charge in [0.2, 0.25) is 17.5 Å². The number of halogens is 2. The van der Waals surface area contributed by atoms with E-state index >= 15 is 0 Å². The average Bonchev–Trinajstić information content (AvgIpc) is 2.48. The van der Waals surface area contributed by atoms with Gasteiger partial charge in [0, 0.05) is 5.56 Å². The molecule has 7 heteroatoms. The molecular weight excluding hydrogens is 287 g/mol. The van der Waals surface area contributed by atoms with Gasteiger partial charge in [-0.15, -0.1) is 0 Å². The third kappa shape index (κ3) is 2.70. The molecule has 1 aromatic carbocycles. The van der Waals surface area contributed by atoms with Crippen LogP contribution in [0.3, 0.4) is 0 Å². The molecule has 20 heavy (non-hydrogen) atoms. The van der Waals surface area contributed by atoms with E-state index in [4.69, 9.17) is 21.1 Å². The summed E-state index contributed by atoms with van der Waals surface area (Å²) >= 11 is 5.57. The first kappa shape index (κ1) is 14.2. The van der Waals surface area contributed by atoms with Crippen LogP contribution in [0.2, 0.25) is 5.02 Å². The Hall–Kier alpha value is -2.21. The maximum absolute atomic E-state index is 13.4. The Labute approximate surface area is 119 Å². The Balaban J connectivity index is 2.44. The minimum atomic E-state index is -0.682. The van der Waals surface area contributed by atoms with E-state index in [9.17, 15) is 9.18 Å². The molecule has 0 unspecified atom stereocenters. The van der Waals surface area contributed by atoms with E-state index in [1.165, 1.54) is 32.5 Å². The molecule has 0 N–H and O–H groups in total. The summed E-state index contributed by atoms with van der Waals surface area (Å²) in [7, 11) is 2.77. The standard InChI is InChI=1S/C13H10ClFN2O3/c1-19-10-6-16-11(13(17-10)20-2)12(18)7-3-4-8(14)9(15)5-7/h3-6H,1-2H3. The van der Waals surface area contributed by atoms with Crippen LogP contribution in [0.1, 0.15) is 16.1 Å². The Bertz CT molecular complexity index is 664. The first-order valence-corrected chi connectivity index (χ1v) is 5.89. The van der Waals surface area contributed by atoms with E-state index in [2.05, 4.69) is 9.97 Å². The normalized spacial score (nSPS) is 10.2. The van der Waals surface area contributed by atoms with Crippen LogP contribution in [-0.2, 0) is 0 Å². The van der Waals surface area contributed by atoms with Crippen LogP contribution in [0.25, 0.3) is 0 Å². The van der Waals surface area contributed by atoms with Crippen LogP contribution < -0.4 is 9.47 Å². The number of nitrogens with zero attached hydrogens (tertiary/aromatic N) is 2. The summed E-state index contributed by atoms with van der Waals surface area (Å²) in [5, 5.41) is -0.0608. The van der Waals surface area contributed by atoms with E-state index in [1.807, 2.05) is 0 Å². The van der Waals surface area contributed by atoms with Gasteiger partial charge in [0.05, 0.1) is 25.4 Å². The van der Waals surface area contributed by atoms with Crippen molar-refractivity contribution in [1.82, 2.24) is 9.97 Å². The van der Waals surface area contributed by atoms with Crippen LogP contribution in [0.15, 0.2) is 24.4 Å². The SMILES string of the molecule is COc1cnc(C(=O)c2ccc(Cl)c(F)c2)c(OC)n1. The third-order valence-electron chi connectivity index (χ3n) is 2.52. The largest absolute Gasteiger partial charge is 0.480 e. The van der Waals surface area contributed by atoms with Gasteiger partial charge in [-0.3, -0.25) is 4.79 Å². The van der Waals surface area contributed by atoms with Crippen LogP contribution in [0.4, 0.5) is 4.39 Å². The number of aromatic nitrogens is 2. The number of benzene rings is 1. The molecule has 0 aliphatic carbocycles. The summed E-state index contributed by atoms with van der Waals surface area (Å²) in [6.07, 6.45) is 1.28.